The molecule has 0 spiro atoms. The summed E-state index contributed by atoms with van der Waals surface area (Å²) in [6, 6.07) is 0. The van der Waals surface area contributed by atoms with Gasteiger partial charge in [0.25, 0.3) is 0 Å². The van der Waals surface area contributed by atoms with Crippen LogP contribution in [0.4, 0.5) is 0 Å². The first kappa shape index (κ1) is 38.4. The Hall–Kier alpha value is 0.400. The Balaban J connectivity index is 3.55. The Morgan fingerprint density at radius 3 is 0.974 bits per heavy atom. The van der Waals surface area contributed by atoms with Gasteiger partial charge in [-0.1, -0.05) is 203 Å². The fourth-order valence-corrected chi connectivity index (χ4v) is 6.64. The Morgan fingerprint density at radius 2 is 0.684 bits per heavy atom. The highest BCUT2D eigenvalue weighted by Gasteiger charge is 2.32. The lowest BCUT2D eigenvalue weighted by Crippen LogP contribution is -2.38. The van der Waals surface area contributed by atoms with E-state index in [4.69, 9.17) is 0 Å². The van der Waals surface area contributed by atoms with Gasteiger partial charge in [-0.2, -0.15) is 0 Å². The topological polar surface area (TPSA) is 40.5 Å². The minimum atomic E-state index is -1.50. The van der Waals surface area contributed by atoms with Crippen LogP contribution in [-0.2, 0) is 0 Å². The number of alkyl halides is 1. The zero-order valence-corrected chi connectivity index (χ0v) is 27.9. The molecule has 0 rings (SSSR count). The van der Waals surface area contributed by atoms with Crippen molar-refractivity contribution in [1.29, 1.82) is 0 Å². The van der Waals surface area contributed by atoms with Crippen molar-refractivity contribution in [2.75, 3.05) is 5.33 Å². The SMILES string of the molecule is CCCCCCCCCCCCCCCCC(CBr)C(O)(O)CCCCCCCCCCCCCCCC. The number of hydrogen-bond donors (Lipinski definition) is 2. The lowest BCUT2D eigenvalue weighted by molar-refractivity contribution is -0.201. The van der Waals surface area contributed by atoms with Crippen LogP contribution in [0.2, 0.25) is 0 Å². The summed E-state index contributed by atoms with van der Waals surface area (Å²) in [6.07, 6.45) is 39.2. The minimum absolute atomic E-state index is 0.0400. The molecule has 0 saturated carbocycles. The van der Waals surface area contributed by atoms with Crippen LogP contribution in [0.15, 0.2) is 0 Å². The first-order valence-electron chi connectivity index (χ1n) is 17.6. The molecule has 0 fully saturated rings. The molecule has 230 valence electrons. The second kappa shape index (κ2) is 30.4. The van der Waals surface area contributed by atoms with Crippen molar-refractivity contribution in [3.63, 3.8) is 0 Å². The molecule has 0 radical (unpaired) electrons. The average molecular weight is 604 g/mol. The highest BCUT2D eigenvalue weighted by atomic mass is 79.9. The van der Waals surface area contributed by atoms with Gasteiger partial charge in [0.2, 0.25) is 0 Å². The quantitative estimate of drug-likeness (QED) is 0.0456. The third kappa shape index (κ3) is 26.6. The maximum Gasteiger partial charge on any atom is 0.166 e. The Kier molecular flexibility index (Phi) is 30.7. The van der Waals surface area contributed by atoms with E-state index in [2.05, 4.69) is 29.8 Å². The zero-order valence-electron chi connectivity index (χ0n) is 26.3. The standard InChI is InChI=1S/C35H71BrO2/c1-3-5-7-9-11-13-15-17-19-21-23-25-27-29-31-34(33-36)35(37,38)32-30-28-26-24-22-20-18-16-14-12-10-8-6-4-2/h34,37-38H,3-33H2,1-2H3. The van der Waals surface area contributed by atoms with E-state index in [1.807, 2.05) is 0 Å². The maximum absolute atomic E-state index is 10.7. The predicted octanol–water partition coefficient (Wildman–Crippen LogP) is 12.4. The molecule has 0 amide bonds. The van der Waals surface area contributed by atoms with Gasteiger partial charge in [0, 0.05) is 17.7 Å². The second-order valence-corrected chi connectivity index (χ2v) is 13.1. The van der Waals surface area contributed by atoms with Crippen LogP contribution in [-0.4, -0.2) is 21.3 Å². The van der Waals surface area contributed by atoms with Gasteiger partial charge in [0.1, 0.15) is 0 Å². The lowest BCUT2D eigenvalue weighted by Gasteiger charge is -2.30. The Labute approximate surface area is 249 Å². The van der Waals surface area contributed by atoms with E-state index in [0.717, 1.165) is 25.7 Å². The summed E-state index contributed by atoms with van der Waals surface area (Å²) in [5.74, 6) is -1.54. The van der Waals surface area contributed by atoms with Crippen LogP contribution in [0.5, 0.6) is 0 Å². The van der Waals surface area contributed by atoms with Gasteiger partial charge in [-0.3, -0.25) is 0 Å². The molecule has 0 heterocycles. The fourth-order valence-electron chi connectivity index (χ4n) is 5.80. The predicted molar refractivity (Wildman–Crippen MR) is 174 cm³/mol. The lowest BCUT2D eigenvalue weighted by atomic mass is 9.90. The molecular weight excluding hydrogens is 532 g/mol. The smallest absolute Gasteiger partial charge is 0.166 e. The summed E-state index contributed by atoms with van der Waals surface area (Å²) in [5, 5.41) is 22.1. The summed E-state index contributed by atoms with van der Waals surface area (Å²) in [6.45, 7) is 4.57. The molecule has 1 atom stereocenters. The first-order valence-corrected chi connectivity index (χ1v) is 18.7. The summed E-state index contributed by atoms with van der Waals surface area (Å²) in [4.78, 5) is 0. The molecule has 0 saturated heterocycles. The monoisotopic (exact) mass is 602 g/mol. The molecule has 0 aromatic carbocycles. The van der Waals surface area contributed by atoms with Crippen LogP contribution in [0, 0.1) is 5.92 Å². The van der Waals surface area contributed by atoms with Gasteiger partial charge >= 0.3 is 0 Å². The van der Waals surface area contributed by atoms with Crippen LogP contribution in [0.3, 0.4) is 0 Å². The van der Waals surface area contributed by atoms with Crippen molar-refractivity contribution in [1.82, 2.24) is 0 Å². The van der Waals surface area contributed by atoms with E-state index in [1.165, 1.54) is 161 Å². The van der Waals surface area contributed by atoms with Gasteiger partial charge in [0.15, 0.2) is 5.79 Å². The molecule has 38 heavy (non-hydrogen) atoms. The van der Waals surface area contributed by atoms with Gasteiger partial charge in [-0.15, -0.1) is 0 Å². The summed E-state index contributed by atoms with van der Waals surface area (Å²) >= 11 is 3.56. The molecule has 0 aromatic heterocycles. The van der Waals surface area contributed by atoms with Crippen LogP contribution < -0.4 is 0 Å². The van der Waals surface area contributed by atoms with E-state index < -0.39 is 5.79 Å². The Morgan fingerprint density at radius 1 is 0.421 bits per heavy atom. The van der Waals surface area contributed by atoms with Crippen molar-refractivity contribution in [3.8, 4) is 0 Å². The summed E-state index contributed by atoms with van der Waals surface area (Å²) < 4.78 is 0. The van der Waals surface area contributed by atoms with Crippen LogP contribution in [0.25, 0.3) is 0 Å². The molecule has 2 nitrogen and oxygen atoms in total. The Bertz CT molecular complexity index is 440. The van der Waals surface area contributed by atoms with Crippen LogP contribution >= 0.6 is 15.9 Å². The fraction of sp³-hybridized carbons (Fsp3) is 1.00. The van der Waals surface area contributed by atoms with Crippen molar-refractivity contribution < 1.29 is 10.2 Å². The number of halogens is 1. The third-order valence-electron chi connectivity index (χ3n) is 8.64. The van der Waals surface area contributed by atoms with Gasteiger partial charge in [-0.05, 0) is 12.8 Å². The molecule has 0 aliphatic heterocycles. The molecule has 0 bridgehead atoms. The van der Waals surface area contributed by atoms with Crippen LogP contribution in [0.1, 0.15) is 206 Å². The molecule has 0 aliphatic rings. The van der Waals surface area contributed by atoms with E-state index in [0.29, 0.717) is 11.8 Å². The molecule has 0 aliphatic carbocycles. The van der Waals surface area contributed by atoms with Crippen molar-refractivity contribution in [2.24, 2.45) is 5.92 Å². The van der Waals surface area contributed by atoms with Crippen molar-refractivity contribution in [2.45, 2.75) is 212 Å². The zero-order chi connectivity index (χ0) is 28.0. The first-order chi connectivity index (χ1) is 18.6. The number of rotatable bonds is 32. The highest BCUT2D eigenvalue weighted by Crippen LogP contribution is 2.28. The average Bonchev–Trinajstić information content (AvgIpc) is 2.91. The molecule has 0 aromatic rings. The van der Waals surface area contributed by atoms with Gasteiger partial charge < -0.3 is 10.2 Å². The van der Waals surface area contributed by atoms with Gasteiger partial charge in [0.05, 0.1) is 0 Å². The van der Waals surface area contributed by atoms with E-state index >= 15 is 0 Å². The molecule has 3 heteroatoms. The van der Waals surface area contributed by atoms with Gasteiger partial charge in [-0.25, -0.2) is 0 Å². The number of aliphatic hydroxyl groups is 2. The number of hydrogen-bond acceptors (Lipinski definition) is 2. The third-order valence-corrected chi connectivity index (χ3v) is 9.43. The van der Waals surface area contributed by atoms with Crippen molar-refractivity contribution in [3.05, 3.63) is 0 Å². The molecule has 1 unspecified atom stereocenters. The largest absolute Gasteiger partial charge is 0.365 e. The normalized spacial score (nSPS) is 12.9. The summed E-state index contributed by atoms with van der Waals surface area (Å²) in [5.41, 5.74) is 0. The molecule has 2 N–H and O–H groups in total. The molecular formula is C35H71BrO2. The van der Waals surface area contributed by atoms with E-state index in [1.54, 1.807) is 0 Å². The highest BCUT2D eigenvalue weighted by molar-refractivity contribution is 9.09. The van der Waals surface area contributed by atoms with E-state index in [-0.39, 0.29) is 5.92 Å². The second-order valence-electron chi connectivity index (χ2n) is 12.5. The maximum atomic E-state index is 10.7. The van der Waals surface area contributed by atoms with Crippen molar-refractivity contribution >= 4 is 15.9 Å². The minimum Gasteiger partial charge on any atom is -0.365 e. The van der Waals surface area contributed by atoms with E-state index in [9.17, 15) is 10.2 Å². The number of unbranched alkanes of at least 4 members (excludes halogenated alkanes) is 26. The summed E-state index contributed by atoms with van der Waals surface area (Å²) in [7, 11) is 0.